The number of rotatable bonds is 5. The van der Waals surface area contributed by atoms with Gasteiger partial charge < -0.3 is 9.64 Å². The van der Waals surface area contributed by atoms with E-state index in [1.807, 2.05) is 12.1 Å². The van der Waals surface area contributed by atoms with Crippen molar-refractivity contribution in [3.8, 4) is 0 Å². The summed E-state index contributed by atoms with van der Waals surface area (Å²) in [7, 11) is 3.08. The molecule has 0 aliphatic rings. The van der Waals surface area contributed by atoms with Crippen molar-refractivity contribution in [2.75, 3.05) is 20.7 Å². The van der Waals surface area contributed by atoms with Crippen LogP contribution in [0.15, 0.2) is 28.7 Å². The number of methoxy groups -OCH3 is 1. The van der Waals surface area contributed by atoms with Crippen LogP contribution in [0, 0.1) is 0 Å². The third kappa shape index (κ3) is 4.49. The highest BCUT2D eigenvalue weighted by Crippen LogP contribution is 2.12. The molecule has 0 saturated heterocycles. The predicted octanol–water partition coefficient (Wildman–Crippen LogP) is 2.47. The maximum atomic E-state index is 12.0. The quantitative estimate of drug-likeness (QED) is 0.785. The first-order valence-electron chi connectivity index (χ1n) is 5.62. The normalized spacial score (nSPS) is 9.94. The lowest BCUT2D eigenvalue weighted by atomic mass is 10.2. The summed E-state index contributed by atoms with van der Waals surface area (Å²) < 4.78 is 5.48. The minimum Gasteiger partial charge on any atom is -0.469 e. The number of halogens is 1. The van der Waals surface area contributed by atoms with E-state index < -0.39 is 0 Å². The standard InChI is InChI=1S/C13H16BrNO3/c1-15(9-3-4-12(16)18-2)13(17)10-5-7-11(14)8-6-10/h5-8H,3-4,9H2,1-2H3. The van der Waals surface area contributed by atoms with E-state index >= 15 is 0 Å². The van der Waals surface area contributed by atoms with Crippen molar-refractivity contribution in [3.63, 3.8) is 0 Å². The second-order valence-corrected chi connectivity index (χ2v) is 4.83. The van der Waals surface area contributed by atoms with Gasteiger partial charge in [-0.2, -0.15) is 0 Å². The Balaban J connectivity index is 2.46. The van der Waals surface area contributed by atoms with Crippen LogP contribution in [0.1, 0.15) is 23.2 Å². The Kier molecular flexibility index (Phi) is 5.85. The van der Waals surface area contributed by atoms with Gasteiger partial charge in [-0.25, -0.2) is 0 Å². The molecular formula is C13H16BrNO3. The van der Waals surface area contributed by atoms with Gasteiger partial charge in [-0.05, 0) is 30.7 Å². The largest absolute Gasteiger partial charge is 0.469 e. The van der Waals surface area contributed by atoms with Crippen molar-refractivity contribution in [2.45, 2.75) is 12.8 Å². The molecule has 0 aliphatic heterocycles. The number of nitrogens with zero attached hydrogens (tertiary/aromatic N) is 1. The van der Waals surface area contributed by atoms with E-state index in [1.165, 1.54) is 7.11 Å². The molecule has 1 rings (SSSR count). The van der Waals surface area contributed by atoms with Gasteiger partial charge in [0.15, 0.2) is 0 Å². The molecule has 0 spiro atoms. The van der Waals surface area contributed by atoms with Crippen LogP contribution in [0.2, 0.25) is 0 Å². The molecule has 0 aliphatic carbocycles. The molecule has 0 aromatic heterocycles. The monoisotopic (exact) mass is 313 g/mol. The van der Waals surface area contributed by atoms with Gasteiger partial charge in [0.25, 0.3) is 5.91 Å². The fraction of sp³-hybridized carbons (Fsp3) is 0.385. The van der Waals surface area contributed by atoms with E-state index in [1.54, 1.807) is 24.1 Å². The Hall–Kier alpha value is -1.36. The molecule has 1 amide bonds. The smallest absolute Gasteiger partial charge is 0.305 e. The number of benzene rings is 1. The second kappa shape index (κ2) is 7.16. The molecule has 0 saturated carbocycles. The summed E-state index contributed by atoms with van der Waals surface area (Å²) >= 11 is 3.32. The Morgan fingerprint density at radius 1 is 1.28 bits per heavy atom. The van der Waals surface area contributed by atoms with Crippen LogP contribution in [0.3, 0.4) is 0 Å². The van der Waals surface area contributed by atoms with Crippen LogP contribution in [0.5, 0.6) is 0 Å². The van der Waals surface area contributed by atoms with Crippen molar-refractivity contribution in [1.29, 1.82) is 0 Å². The van der Waals surface area contributed by atoms with Crippen LogP contribution in [0.4, 0.5) is 0 Å². The molecule has 0 N–H and O–H groups in total. The Labute approximate surface area is 115 Å². The number of carbonyl (C=O) groups excluding carboxylic acids is 2. The first kappa shape index (κ1) is 14.7. The minimum atomic E-state index is -0.250. The molecule has 0 heterocycles. The first-order chi connectivity index (χ1) is 8.54. The van der Waals surface area contributed by atoms with E-state index in [2.05, 4.69) is 20.7 Å². The third-order valence-corrected chi connectivity index (χ3v) is 3.07. The van der Waals surface area contributed by atoms with Gasteiger partial charge in [0.2, 0.25) is 0 Å². The number of hydrogen-bond acceptors (Lipinski definition) is 3. The van der Waals surface area contributed by atoms with E-state index in [9.17, 15) is 9.59 Å². The summed E-state index contributed by atoms with van der Waals surface area (Å²) in [6.07, 6.45) is 0.930. The maximum absolute atomic E-state index is 12.0. The van der Waals surface area contributed by atoms with Crippen molar-refractivity contribution >= 4 is 27.8 Å². The molecule has 0 unspecified atom stereocenters. The Morgan fingerprint density at radius 2 is 1.89 bits per heavy atom. The highest BCUT2D eigenvalue weighted by molar-refractivity contribution is 9.10. The lowest BCUT2D eigenvalue weighted by molar-refractivity contribution is -0.140. The van der Waals surface area contributed by atoms with Gasteiger partial charge in [0.05, 0.1) is 7.11 Å². The van der Waals surface area contributed by atoms with Gasteiger partial charge in [-0.3, -0.25) is 9.59 Å². The highest BCUT2D eigenvalue weighted by Gasteiger charge is 2.11. The molecule has 18 heavy (non-hydrogen) atoms. The summed E-state index contributed by atoms with van der Waals surface area (Å²) in [5, 5.41) is 0. The summed E-state index contributed by atoms with van der Waals surface area (Å²) in [5.74, 6) is -0.299. The van der Waals surface area contributed by atoms with Crippen LogP contribution in [-0.2, 0) is 9.53 Å². The van der Waals surface area contributed by atoms with Gasteiger partial charge in [-0.15, -0.1) is 0 Å². The molecule has 98 valence electrons. The number of ether oxygens (including phenoxy) is 1. The molecule has 1 aromatic carbocycles. The number of carbonyl (C=O) groups is 2. The van der Waals surface area contributed by atoms with Crippen molar-refractivity contribution in [2.24, 2.45) is 0 Å². The fourth-order valence-corrected chi connectivity index (χ4v) is 1.74. The average molecular weight is 314 g/mol. The van der Waals surface area contributed by atoms with Crippen molar-refractivity contribution in [1.82, 2.24) is 4.90 Å². The average Bonchev–Trinajstić information content (AvgIpc) is 2.38. The van der Waals surface area contributed by atoms with E-state index in [4.69, 9.17) is 0 Å². The van der Waals surface area contributed by atoms with Gasteiger partial charge in [0, 0.05) is 30.0 Å². The topological polar surface area (TPSA) is 46.6 Å². The third-order valence-electron chi connectivity index (χ3n) is 2.54. The molecule has 5 heteroatoms. The van der Waals surface area contributed by atoms with Crippen molar-refractivity contribution in [3.05, 3.63) is 34.3 Å². The highest BCUT2D eigenvalue weighted by atomic mass is 79.9. The molecule has 1 aromatic rings. The number of amides is 1. The number of hydrogen-bond donors (Lipinski definition) is 0. The van der Waals surface area contributed by atoms with Crippen LogP contribution < -0.4 is 0 Å². The molecule has 0 radical (unpaired) electrons. The SMILES string of the molecule is COC(=O)CCCN(C)C(=O)c1ccc(Br)cc1. The lowest BCUT2D eigenvalue weighted by Gasteiger charge is -2.16. The number of esters is 1. The summed E-state index contributed by atoms with van der Waals surface area (Å²) in [5.41, 5.74) is 0.638. The minimum absolute atomic E-state index is 0.0487. The van der Waals surface area contributed by atoms with Crippen LogP contribution in [-0.4, -0.2) is 37.5 Å². The zero-order valence-electron chi connectivity index (χ0n) is 10.5. The fourth-order valence-electron chi connectivity index (χ4n) is 1.48. The van der Waals surface area contributed by atoms with Crippen LogP contribution >= 0.6 is 15.9 Å². The van der Waals surface area contributed by atoms with E-state index in [-0.39, 0.29) is 11.9 Å². The summed E-state index contributed by atoms with van der Waals surface area (Å²) in [4.78, 5) is 24.5. The maximum Gasteiger partial charge on any atom is 0.305 e. The zero-order valence-corrected chi connectivity index (χ0v) is 12.1. The molecule has 0 bridgehead atoms. The summed E-state index contributed by atoms with van der Waals surface area (Å²) in [6.45, 7) is 0.532. The molecule has 0 atom stereocenters. The second-order valence-electron chi connectivity index (χ2n) is 3.91. The summed E-state index contributed by atoms with van der Waals surface area (Å²) in [6, 6.07) is 7.19. The van der Waals surface area contributed by atoms with Crippen molar-refractivity contribution < 1.29 is 14.3 Å². The van der Waals surface area contributed by atoms with Gasteiger partial charge >= 0.3 is 5.97 Å². The van der Waals surface area contributed by atoms with E-state index in [0.717, 1.165) is 4.47 Å². The zero-order chi connectivity index (χ0) is 13.5. The lowest BCUT2D eigenvalue weighted by Crippen LogP contribution is -2.28. The van der Waals surface area contributed by atoms with Crippen LogP contribution in [0.25, 0.3) is 0 Å². The molecular weight excluding hydrogens is 298 g/mol. The Morgan fingerprint density at radius 3 is 2.44 bits per heavy atom. The molecule has 0 fully saturated rings. The molecule has 4 nitrogen and oxygen atoms in total. The Bertz CT molecular complexity index is 417. The van der Waals surface area contributed by atoms with Gasteiger partial charge in [0.1, 0.15) is 0 Å². The predicted molar refractivity (Wildman–Crippen MR) is 72.4 cm³/mol. The first-order valence-corrected chi connectivity index (χ1v) is 6.41. The van der Waals surface area contributed by atoms with Gasteiger partial charge in [-0.1, -0.05) is 15.9 Å². The van der Waals surface area contributed by atoms with E-state index in [0.29, 0.717) is 24.9 Å².